The van der Waals surface area contributed by atoms with Crippen LogP contribution < -0.4 is 14.8 Å². The Morgan fingerprint density at radius 2 is 2.00 bits per heavy atom. The summed E-state index contributed by atoms with van der Waals surface area (Å²) in [6.45, 7) is 0.858. The molecule has 2 N–H and O–H groups in total. The van der Waals surface area contributed by atoms with E-state index < -0.39 is 6.10 Å². The third kappa shape index (κ3) is 4.87. The lowest BCUT2D eigenvalue weighted by atomic mass is 10.0. The van der Waals surface area contributed by atoms with Gasteiger partial charge in [0.15, 0.2) is 0 Å². The first kappa shape index (κ1) is 14.9. The van der Waals surface area contributed by atoms with Gasteiger partial charge in [-0.2, -0.15) is 0 Å². The molecular formula is C16H23NO3. The predicted octanol–water partition coefficient (Wildman–Crippen LogP) is 2.13. The number of nitrogens with one attached hydrogen (secondary N) is 1. The Morgan fingerprint density at radius 3 is 2.65 bits per heavy atom. The van der Waals surface area contributed by atoms with Crippen LogP contribution in [0.15, 0.2) is 36.4 Å². The first-order valence-corrected chi connectivity index (χ1v) is 7.11. The van der Waals surface area contributed by atoms with Crippen molar-refractivity contribution in [3.8, 4) is 11.5 Å². The maximum Gasteiger partial charge on any atom is 0.119 e. The third-order valence-electron chi connectivity index (χ3n) is 3.41. The van der Waals surface area contributed by atoms with Crippen LogP contribution in [0, 0.1) is 0 Å². The zero-order valence-corrected chi connectivity index (χ0v) is 11.9. The topological polar surface area (TPSA) is 50.7 Å². The van der Waals surface area contributed by atoms with Crippen LogP contribution in [0.5, 0.6) is 11.5 Å². The van der Waals surface area contributed by atoms with Gasteiger partial charge in [0, 0.05) is 12.6 Å². The molecule has 0 saturated heterocycles. The highest BCUT2D eigenvalue weighted by atomic mass is 16.5. The lowest BCUT2D eigenvalue weighted by Gasteiger charge is -2.21. The van der Waals surface area contributed by atoms with Crippen LogP contribution in [-0.2, 0) is 0 Å². The number of allylic oxidation sites excluding steroid dienone is 1. The minimum absolute atomic E-state index is 0.294. The number of methoxy groups -OCH3 is 1. The van der Waals surface area contributed by atoms with E-state index in [0.29, 0.717) is 19.2 Å². The molecule has 0 saturated carbocycles. The molecule has 0 radical (unpaired) electrons. The summed E-state index contributed by atoms with van der Waals surface area (Å²) in [5.74, 6) is 1.54. The third-order valence-corrected chi connectivity index (χ3v) is 3.41. The summed E-state index contributed by atoms with van der Waals surface area (Å²) in [6.07, 6.45) is 7.22. The van der Waals surface area contributed by atoms with Gasteiger partial charge in [0.2, 0.25) is 0 Å². The van der Waals surface area contributed by atoms with Crippen LogP contribution in [-0.4, -0.2) is 37.5 Å². The molecule has 2 rings (SSSR count). The van der Waals surface area contributed by atoms with Crippen LogP contribution >= 0.6 is 0 Å². The zero-order valence-electron chi connectivity index (χ0n) is 11.9. The van der Waals surface area contributed by atoms with E-state index in [1.807, 2.05) is 24.3 Å². The van der Waals surface area contributed by atoms with Gasteiger partial charge in [-0.3, -0.25) is 0 Å². The number of benzene rings is 1. The van der Waals surface area contributed by atoms with Crippen molar-refractivity contribution in [2.45, 2.75) is 31.4 Å². The molecule has 1 aromatic carbocycles. The summed E-state index contributed by atoms with van der Waals surface area (Å²) in [6, 6.07) is 7.84. The Morgan fingerprint density at radius 1 is 1.25 bits per heavy atom. The van der Waals surface area contributed by atoms with Crippen LogP contribution in [0.3, 0.4) is 0 Å². The lowest BCUT2D eigenvalue weighted by molar-refractivity contribution is 0.103. The average Bonchev–Trinajstić information content (AvgIpc) is 2.52. The maximum atomic E-state index is 9.91. The SMILES string of the molecule is COc1ccc(OCC(O)CNC2CC=CCC2)cc1. The number of hydrogen-bond donors (Lipinski definition) is 2. The highest BCUT2D eigenvalue weighted by molar-refractivity contribution is 5.31. The van der Waals surface area contributed by atoms with Gasteiger partial charge in [0.1, 0.15) is 24.2 Å². The molecule has 2 atom stereocenters. The van der Waals surface area contributed by atoms with Crippen molar-refractivity contribution in [1.29, 1.82) is 0 Å². The molecule has 4 heteroatoms. The highest BCUT2D eigenvalue weighted by Crippen LogP contribution is 2.17. The van der Waals surface area contributed by atoms with E-state index >= 15 is 0 Å². The van der Waals surface area contributed by atoms with E-state index in [-0.39, 0.29) is 0 Å². The number of aliphatic hydroxyl groups excluding tert-OH is 1. The van der Waals surface area contributed by atoms with Crippen molar-refractivity contribution in [1.82, 2.24) is 5.32 Å². The second kappa shape index (κ2) is 7.92. The van der Waals surface area contributed by atoms with Crippen molar-refractivity contribution < 1.29 is 14.6 Å². The fraction of sp³-hybridized carbons (Fsp3) is 0.500. The molecule has 0 aliphatic heterocycles. The van der Waals surface area contributed by atoms with Crippen LogP contribution in [0.4, 0.5) is 0 Å². The minimum Gasteiger partial charge on any atom is -0.497 e. The summed E-state index contributed by atoms with van der Waals surface area (Å²) in [5.41, 5.74) is 0. The van der Waals surface area contributed by atoms with Crippen molar-refractivity contribution in [3.05, 3.63) is 36.4 Å². The summed E-state index contributed by atoms with van der Waals surface area (Å²) in [7, 11) is 1.63. The van der Waals surface area contributed by atoms with Gasteiger partial charge < -0.3 is 19.9 Å². The molecular weight excluding hydrogens is 254 g/mol. The molecule has 0 aromatic heterocycles. The van der Waals surface area contributed by atoms with Gasteiger partial charge in [0.25, 0.3) is 0 Å². The Labute approximate surface area is 120 Å². The molecule has 1 aliphatic carbocycles. The molecule has 0 bridgehead atoms. The van der Waals surface area contributed by atoms with Crippen molar-refractivity contribution in [2.75, 3.05) is 20.3 Å². The quantitative estimate of drug-likeness (QED) is 0.750. The number of hydrogen-bond acceptors (Lipinski definition) is 4. The second-order valence-electron chi connectivity index (χ2n) is 5.03. The summed E-state index contributed by atoms with van der Waals surface area (Å²) >= 11 is 0. The fourth-order valence-corrected chi connectivity index (χ4v) is 2.20. The monoisotopic (exact) mass is 277 g/mol. The summed E-state index contributed by atoms with van der Waals surface area (Å²) < 4.78 is 10.6. The largest absolute Gasteiger partial charge is 0.497 e. The van der Waals surface area contributed by atoms with Crippen molar-refractivity contribution in [2.24, 2.45) is 0 Å². The molecule has 1 aliphatic rings. The zero-order chi connectivity index (χ0) is 14.2. The predicted molar refractivity (Wildman–Crippen MR) is 79.3 cm³/mol. The summed E-state index contributed by atoms with van der Waals surface area (Å²) in [4.78, 5) is 0. The van der Waals surface area contributed by atoms with Gasteiger partial charge >= 0.3 is 0 Å². The molecule has 0 heterocycles. The Kier molecular flexibility index (Phi) is 5.89. The first-order valence-electron chi connectivity index (χ1n) is 7.11. The molecule has 0 amide bonds. The molecule has 2 unspecified atom stereocenters. The van der Waals surface area contributed by atoms with Gasteiger partial charge in [-0.15, -0.1) is 0 Å². The average molecular weight is 277 g/mol. The van der Waals surface area contributed by atoms with Crippen molar-refractivity contribution >= 4 is 0 Å². The molecule has 20 heavy (non-hydrogen) atoms. The van der Waals surface area contributed by atoms with Gasteiger partial charge in [-0.1, -0.05) is 12.2 Å². The molecule has 4 nitrogen and oxygen atoms in total. The molecule has 110 valence electrons. The number of ether oxygens (including phenoxy) is 2. The number of rotatable bonds is 7. The lowest BCUT2D eigenvalue weighted by Crippen LogP contribution is -2.38. The van der Waals surface area contributed by atoms with Gasteiger partial charge in [-0.25, -0.2) is 0 Å². The first-order chi connectivity index (χ1) is 9.78. The minimum atomic E-state index is -0.497. The van der Waals surface area contributed by atoms with E-state index in [1.165, 1.54) is 0 Å². The van der Waals surface area contributed by atoms with E-state index in [4.69, 9.17) is 9.47 Å². The molecule has 0 spiro atoms. The van der Waals surface area contributed by atoms with E-state index in [2.05, 4.69) is 17.5 Å². The van der Waals surface area contributed by atoms with E-state index in [9.17, 15) is 5.11 Å². The van der Waals surface area contributed by atoms with Crippen LogP contribution in [0.1, 0.15) is 19.3 Å². The Balaban J connectivity index is 1.66. The Hall–Kier alpha value is -1.52. The van der Waals surface area contributed by atoms with Crippen LogP contribution in [0.2, 0.25) is 0 Å². The smallest absolute Gasteiger partial charge is 0.119 e. The molecule has 1 aromatic rings. The Bertz CT molecular complexity index is 416. The maximum absolute atomic E-state index is 9.91. The number of aliphatic hydroxyl groups is 1. The van der Waals surface area contributed by atoms with Crippen molar-refractivity contribution in [3.63, 3.8) is 0 Å². The summed E-state index contributed by atoms with van der Waals surface area (Å²) in [5, 5.41) is 13.3. The van der Waals surface area contributed by atoms with E-state index in [1.54, 1.807) is 7.11 Å². The van der Waals surface area contributed by atoms with Crippen LogP contribution in [0.25, 0.3) is 0 Å². The second-order valence-corrected chi connectivity index (χ2v) is 5.03. The normalized spacial score (nSPS) is 19.6. The van der Waals surface area contributed by atoms with Gasteiger partial charge in [-0.05, 0) is 43.5 Å². The molecule has 0 fully saturated rings. The van der Waals surface area contributed by atoms with E-state index in [0.717, 1.165) is 30.8 Å². The standard InChI is InChI=1S/C16H23NO3/c1-19-15-7-9-16(10-8-15)20-12-14(18)11-17-13-5-3-2-4-6-13/h2-3,7-10,13-14,17-18H,4-6,11-12H2,1H3. The van der Waals surface area contributed by atoms with Gasteiger partial charge in [0.05, 0.1) is 7.11 Å². The fourth-order valence-electron chi connectivity index (χ4n) is 2.20. The highest BCUT2D eigenvalue weighted by Gasteiger charge is 2.12.